The van der Waals surface area contributed by atoms with E-state index in [0.717, 1.165) is 0 Å². The van der Waals surface area contributed by atoms with Gasteiger partial charge in [-0.15, -0.1) is 0 Å². The first-order valence-corrected chi connectivity index (χ1v) is 10.3. The predicted molar refractivity (Wildman–Crippen MR) is 110 cm³/mol. The Labute approximate surface area is 177 Å². The summed E-state index contributed by atoms with van der Waals surface area (Å²) in [6.07, 6.45) is 2.11. The SMILES string of the molecule is CCC(Sc1ncccc1C(=O)Oc1cccc([N+](=O)[O-])c1)C(=O)N1CCOCC1. The maximum Gasteiger partial charge on any atom is 0.346 e. The number of hydrogen-bond acceptors (Lipinski definition) is 8. The van der Waals surface area contributed by atoms with Gasteiger partial charge in [-0.1, -0.05) is 24.8 Å². The van der Waals surface area contributed by atoms with E-state index in [9.17, 15) is 19.7 Å². The number of rotatable bonds is 7. The molecule has 2 heterocycles. The van der Waals surface area contributed by atoms with Gasteiger partial charge in [-0.3, -0.25) is 14.9 Å². The largest absolute Gasteiger partial charge is 0.423 e. The zero-order chi connectivity index (χ0) is 21.5. The molecule has 0 spiro atoms. The molecule has 1 unspecified atom stereocenters. The quantitative estimate of drug-likeness (QED) is 0.216. The fourth-order valence-electron chi connectivity index (χ4n) is 2.89. The summed E-state index contributed by atoms with van der Waals surface area (Å²) in [6, 6.07) is 8.54. The van der Waals surface area contributed by atoms with E-state index >= 15 is 0 Å². The third-order valence-electron chi connectivity index (χ3n) is 4.45. The Hall–Kier alpha value is -2.98. The van der Waals surface area contributed by atoms with Gasteiger partial charge >= 0.3 is 5.97 Å². The molecule has 0 saturated carbocycles. The fraction of sp³-hybridized carbons (Fsp3) is 0.350. The number of carbonyl (C=O) groups is 2. The lowest BCUT2D eigenvalue weighted by Gasteiger charge is -2.29. The molecule has 1 aliphatic heterocycles. The molecule has 1 fully saturated rings. The van der Waals surface area contributed by atoms with Crippen molar-refractivity contribution in [1.29, 1.82) is 0 Å². The number of pyridine rings is 1. The summed E-state index contributed by atoms with van der Waals surface area (Å²) in [6.45, 7) is 4.01. The van der Waals surface area contributed by atoms with Crippen molar-refractivity contribution in [3.63, 3.8) is 0 Å². The first-order valence-electron chi connectivity index (χ1n) is 9.44. The highest BCUT2D eigenvalue weighted by molar-refractivity contribution is 8.00. The van der Waals surface area contributed by atoms with E-state index in [2.05, 4.69) is 4.98 Å². The standard InChI is InChI=1S/C20H21N3O6S/c1-2-17(19(24)22-9-11-28-12-10-22)30-18-16(7-4-8-21-18)20(25)29-15-6-3-5-14(13-15)23(26)27/h3-8,13,17H,2,9-12H2,1H3. The number of ether oxygens (including phenoxy) is 2. The van der Waals surface area contributed by atoms with Crippen LogP contribution in [0.3, 0.4) is 0 Å². The number of morpholine rings is 1. The summed E-state index contributed by atoms with van der Waals surface area (Å²) >= 11 is 1.21. The highest BCUT2D eigenvalue weighted by atomic mass is 32.2. The van der Waals surface area contributed by atoms with Crippen LogP contribution in [0, 0.1) is 10.1 Å². The highest BCUT2D eigenvalue weighted by Gasteiger charge is 2.28. The van der Waals surface area contributed by atoms with Crippen molar-refractivity contribution < 1.29 is 24.0 Å². The topological polar surface area (TPSA) is 112 Å². The van der Waals surface area contributed by atoms with Crippen LogP contribution in [0.25, 0.3) is 0 Å². The van der Waals surface area contributed by atoms with Crippen LogP contribution in [-0.2, 0) is 9.53 Å². The van der Waals surface area contributed by atoms with Crippen LogP contribution >= 0.6 is 11.8 Å². The first-order chi connectivity index (χ1) is 14.5. The molecule has 0 N–H and O–H groups in total. The molecule has 3 rings (SSSR count). The number of esters is 1. The minimum absolute atomic E-state index is 0.0190. The summed E-state index contributed by atoms with van der Waals surface area (Å²) in [4.78, 5) is 41.9. The Kier molecular flexibility index (Phi) is 7.36. The molecule has 1 aliphatic rings. The molecule has 10 heteroatoms. The number of amides is 1. The average Bonchev–Trinajstić information content (AvgIpc) is 2.78. The maximum atomic E-state index is 12.8. The zero-order valence-electron chi connectivity index (χ0n) is 16.4. The molecule has 1 atom stereocenters. The molecule has 0 aliphatic carbocycles. The molecule has 0 radical (unpaired) electrons. The van der Waals surface area contributed by atoms with Crippen LogP contribution in [0.2, 0.25) is 0 Å². The van der Waals surface area contributed by atoms with Gasteiger partial charge in [0.05, 0.1) is 35.0 Å². The Bertz CT molecular complexity index is 932. The first kappa shape index (κ1) is 21.7. The van der Waals surface area contributed by atoms with Crippen LogP contribution in [0.15, 0.2) is 47.6 Å². The number of hydrogen-bond donors (Lipinski definition) is 0. The van der Waals surface area contributed by atoms with Gasteiger partial charge in [-0.2, -0.15) is 0 Å². The van der Waals surface area contributed by atoms with Gasteiger partial charge in [-0.05, 0) is 24.6 Å². The smallest absolute Gasteiger partial charge is 0.346 e. The van der Waals surface area contributed by atoms with Gasteiger partial charge in [-0.25, -0.2) is 9.78 Å². The Balaban J connectivity index is 1.76. The highest BCUT2D eigenvalue weighted by Crippen LogP contribution is 2.29. The van der Waals surface area contributed by atoms with Gasteiger partial charge in [0.2, 0.25) is 5.91 Å². The normalized spacial score (nSPS) is 14.8. The van der Waals surface area contributed by atoms with E-state index in [4.69, 9.17) is 9.47 Å². The van der Waals surface area contributed by atoms with E-state index in [-0.39, 0.29) is 22.9 Å². The molecule has 0 bridgehead atoms. The molecule has 30 heavy (non-hydrogen) atoms. The second-order valence-corrected chi connectivity index (χ2v) is 7.64. The molecular formula is C20H21N3O6S. The number of carbonyl (C=O) groups excluding carboxylic acids is 2. The van der Waals surface area contributed by atoms with Crippen molar-refractivity contribution in [1.82, 2.24) is 9.88 Å². The second kappa shape index (κ2) is 10.2. The number of nitro benzene ring substituents is 1. The van der Waals surface area contributed by atoms with Crippen molar-refractivity contribution in [2.24, 2.45) is 0 Å². The molecule has 1 amide bonds. The van der Waals surface area contributed by atoms with Gasteiger partial charge in [0.15, 0.2) is 0 Å². The van der Waals surface area contributed by atoms with Crippen molar-refractivity contribution in [3.8, 4) is 5.75 Å². The number of nitro groups is 1. The molecule has 2 aromatic rings. The molecule has 1 saturated heterocycles. The van der Waals surface area contributed by atoms with Crippen molar-refractivity contribution in [3.05, 3.63) is 58.3 Å². The predicted octanol–water partition coefficient (Wildman–Crippen LogP) is 2.94. The van der Waals surface area contributed by atoms with Crippen LogP contribution in [0.5, 0.6) is 5.75 Å². The summed E-state index contributed by atoms with van der Waals surface area (Å²) in [7, 11) is 0. The number of thioether (sulfide) groups is 1. The van der Waals surface area contributed by atoms with Crippen molar-refractivity contribution >= 4 is 29.3 Å². The van der Waals surface area contributed by atoms with E-state index in [0.29, 0.717) is 37.8 Å². The number of aromatic nitrogens is 1. The van der Waals surface area contributed by atoms with E-state index in [1.54, 1.807) is 23.2 Å². The Morgan fingerprint density at radius 1 is 1.30 bits per heavy atom. The van der Waals surface area contributed by atoms with E-state index < -0.39 is 16.1 Å². The summed E-state index contributed by atoms with van der Waals surface area (Å²) in [5, 5.41) is 10.9. The fourth-order valence-corrected chi connectivity index (χ4v) is 3.98. The van der Waals surface area contributed by atoms with E-state index in [1.165, 1.54) is 36.0 Å². The third kappa shape index (κ3) is 5.33. The average molecular weight is 431 g/mol. The van der Waals surface area contributed by atoms with Gasteiger partial charge < -0.3 is 14.4 Å². The lowest BCUT2D eigenvalue weighted by Crippen LogP contribution is -2.44. The third-order valence-corrected chi connectivity index (χ3v) is 5.82. The minimum Gasteiger partial charge on any atom is -0.423 e. The number of non-ortho nitro benzene ring substituents is 1. The maximum absolute atomic E-state index is 12.8. The zero-order valence-corrected chi connectivity index (χ0v) is 17.2. The number of benzene rings is 1. The van der Waals surface area contributed by atoms with Gasteiger partial charge in [0.25, 0.3) is 5.69 Å². The summed E-state index contributed by atoms with van der Waals surface area (Å²) in [5.41, 5.74) is 0.0190. The van der Waals surface area contributed by atoms with Gasteiger partial charge in [0, 0.05) is 25.4 Å². The van der Waals surface area contributed by atoms with Crippen LogP contribution < -0.4 is 4.74 Å². The molecule has 1 aromatic heterocycles. The second-order valence-electron chi connectivity index (χ2n) is 6.45. The molecular weight excluding hydrogens is 410 g/mol. The Morgan fingerprint density at radius 3 is 2.77 bits per heavy atom. The van der Waals surface area contributed by atoms with Crippen LogP contribution in [0.1, 0.15) is 23.7 Å². The molecule has 158 valence electrons. The van der Waals surface area contributed by atoms with Crippen molar-refractivity contribution in [2.75, 3.05) is 26.3 Å². The van der Waals surface area contributed by atoms with Crippen molar-refractivity contribution in [2.45, 2.75) is 23.6 Å². The Morgan fingerprint density at radius 2 is 2.07 bits per heavy atom. The minimum atomic E-state index is -0.695. The van der Waals surface area contributed by atoms with Crippen LogP contribution in [-0.4, -0.2) is 58.2 Å². The lowest BCUT2D eigenvalue weighted by molar-refractivity contribution is -0.384. The number of nitrogens with zero attached hydrogens (tertiary/aromatic N) is 3. The van der Waals surface area contributed by atoms with Gasteiger partial charge in [0.1, 0.15) is 10.8 Å². The van der Waals surface area contributed by atoms with Crippen LogP contribution in [0.4, 0.5) is 5.69 Å². The summed E-state index contributed by atoms with van der Waals surface area (Å²) in [5.74, 6) is -0.653. The lowest BCUT2D eigenvalue weighted by atomic mass is 10.2. The van der Waals surface area contributed by atoms with E-state index in [1.807, 2.05) is 6.92 Å². The molecule has 1 aromatic carbocycles. The summed E-state index contributed by atoms with van der Waals surface area (Å²) < 4.78 is 10.6. The molecule has 9 nitrogen and oxygen atoms in total. The monoisotopic (exact) mass is 431 g/mol.